The van der Waals surface area contributed by atoms with Crippen molar-refractivity contribution >= 4 is 17.7 Å². The highest BCUT2D eigenvalue weighted by Gasteiger charge is 2.52. The van der Waals surface area contributed by atoms with Crippen LogP contribution >= 0.6 is 0 Å². The number of methoxy groups -OCH3 is 1. The van der Waals surface area contributed by atoms with Crippen LogP contribution in [0.15, 0.2) is 42.6 Å². The Morgan fingerprint density at radius 3 is 2.66 bits per heavy atom. The minimum atomic E-state index is -1.23. The minimum absolute atomic E-state index is 0.0440. The summed E-state index contributed by atoms with van der Waals surface area (Å²) in [4.78, 5) is 45.5. The molecule has 0 N–H and O–H groups in total. The predicted octanol–water partition coefficient (Wildman–Crippen LogP) is 2.07. The Hall–Kier alpha value is -3.22. The fraction of sp³-hybridized carbons (Fsp3) is 0.364. The van der Waals surface area contributed by atoms with E-state index < -0.39 is 5.41 Å². The van der Waals surface area contributed by atoms with Gasteiger partial charge in [0, 0.05) is 33.1 Å². The Balaban J connectivity index is 1.91. The maximum absolute atomic E-state index is 13.1. The molecule has 29 heavy (non-hydrogen) atoms. The lowest BCUT2D eigenvalue weighted by Gasteiger charge is -2.29. The average Bonchev–Trinajstić information content (AvgIpc) is 2.94. The summed E-state index contributed by atoms with van der Waals surface area (Å²) >= 11 is 0. The molecule has 1 saturated heterocycles. The fourth-order valence-corrected chi connectivity index (χ4v) is 3.66. The SMILES string of the molecule is COc1cccc(C2(CC(=O)N(C)Cc3ncccc3C)CC(=O)N(C)C2=O)c1. The van der Waals surface area contributed by atoms with Gasteiger partial charge in [-0.1, -0.05) is 18.2 Å². The van der Waals surface area contributed by atoms with Crippen LogP contribution in [-0.4, -0.2) is 53.7 Å². The van der Waals surface area contributed by atoms with Crippen molar-refractivity contribution < 1.29 is 19.1 Å². The van der Waals surface area contributed by atoms with Gasteiger partial charge in [-0.15, -0.1) is 0 Å². The van der Waals surface area contributed by atoms with E-state index in [1.54, 1.807) is 42.4 Å². The zero-order valence-corrected chi connectivity index (χ0v) is 17.1. The van der Waals surface area contributed by atoms with Gasteiger partial charge in [0.1, 0.15) is 5.75 Å². The summed E-state index contributed by atoms with van der Waals surface area (Å²) in [6.07, 6.45) is 1.54. The molecule has 7 heteroatoms. The predicted molar refractivity (Wildman–Crippen MR) is 107 cm³/mol. The van der Waals surface area contributed by atoms with E-state index in [1.165, 1.54) is 14.2 Å². The van der Waals surface area contributed by atoms with E-state index in [9.17, 15) is 14.4 Å². The van der Waals surface area contributed by atoms with Crippen LogP contribution in [0.2, 0.25) is 0 Å². The van der Waals surface area contributed by atoms with Gasteiger partial charge in [-0.2, -0.15) is 0 Å². The van der Waals surface area contributed by atoms with Crippen LogP contribution in [0.3, 0.4) is 0 Å². The van der Waals surface area contributed by atoms with E-state index >= 15 is 0 Å². The molecule has 3 amide bonds. The largest absolute Gasteiger partial charge is 0.497 e. The number of imide groups is 1. The Labute approximate surface area is 170 Å². The fourth-order valence-electron chi connectivity index (χ4n) is 3.66. The quantitative estimate of drug-likeness (QED) is 0.700. The van der Waals surface area contributed by atoms with Crippen molar-refractivity contribution in [1.29, 1.82) is 0 Å². The number of rotatable bonds is 6. The topological polar surface area (TPSA) is 79.8 Å². The summed E-state index contributed by atoms with van der Waals surface area (Å²) in [6.45, 7) is 2.27. The van der Waals surface area contributed by atoms with Crippen molar-refractivity contribution in [3.8, 4) is 5.75 Å². The monoisotopic (exact) mass is 395 g/mol. The molecule has 152 valence electrons. The number of aryl methyl sites for hydroxylation is 1. The van der Waals surface area contributed by atoms with E-state index in [2.05, 4.69) is 4.98 Å². The number of benzene rings is 1. The molecule has 1 atom stereocenters. The van der Waals surface area contributed by atoms with Crippen LogP contribution in [-0.2, 0) is 26.3 Å². The lowest BCUT2D eigenvalue weighted by atomic mass is 9.75. The van der Waals surface area contributed by atoms with Crippen molar-refractivity contribution in [2.45, 2.75) is 31.7 Å². The summed E-state index contributed by atoms with van der Waals surface area (Å²) in [6, 6.07) is 10.8. The zero-order valence-electron chi connectivity index (χ0n) is 17.1. The van der Waals surface area contributed by atoms with Crippen LogP contribution in [0.4, 0.5) is 0 Å². The molecule has 0 bridgehead atoms. The van der Waals surface area contributed by atoms with Gasteiger partial charge >= 0.3 is 0 Å². The maximum Gasteiger partial charge on any atom is 0.240 e. The van der Waals surface area contributed by atoms with Crippen LogP contribution in [0, 0.1) is 6.92 Å². The molecular formula is C22H25N3O4. The van der Waals surface area contributed by atoms with Crippen molar-refractivity contribution in [2.75, 3.05) is 21.2 Å². The number of nitrogens with zero attached hydrogens (tertiary/aromatic N) is 3. The van der Waals surface area contributed by atoms with Gasteiger partial charge in [-0.25, -0.2) is 0 Å². The first-order valence-electron chi connectivity index (χ1n) is 9.38. The van der Waals surface area contributed by atoms with Crippen molar-refractivity contribution in [3.63, 3.8) is 0 Å². The second kappa shape index (κ2) is 8.03. The van der Waals surface area contributed by atoms with Crippen molar-refractivity contribution in [3.05, 3.63) is 59.4 Å². The molecule has 3 rings (SSSR count). The third-order valence-corrected chi connectivity index (χ3v) is 5.55. The third kappa shape index (κ3) is 3.85. The molecule has 0 saturated carbocycles. The zero-order chi connectivity index (χ0) is 21.2. The molecule has 0 aliphatic carbocycles. The molecule has 1 aromatic heterocycles. The van der Waals surface area contributed by atoms with Crippen LogP contribution in [0.1, 0.15) is 29.7 Å². The number of pyridine rings is 1. The number of likely N-dealkylation sites (N-methyl/N-ethyl adjacent to an activating group) is 1. The number of likely N-dealkylation sites (tertiary alicyclic amines) is 1. The second-order valence-corrected chi connectivity index (χ2v) is 7.44. The molecular weight excluding hydrogens is 370 g/mol. The van der Waals surface area contributed by atoms with E-state index in [0.29, 0.717) is 17.9 Å². The summed E-state index contributed by atoms with van der Waals surface area (Å²) in [5.41, 5.74) is 1.16. The maximum atomic E-state index is 13.1. The van der Waals surface area contributed by atoms with Crippen molar-refractivity contribution in [2.24, 2.45) is 0 Å². The molecule has 0 radical (unpaired) electrons. The van der Waals surface area contributed by atoms with E-state index in [-0.39, 0.29) is 30.6 Å². The lowest BCUT2D eigenvalue weighted by Crippen LogP contribution is -2.41. The van der Waals surface area contributed by atoms with Gasteiger partial charge in [0.15, 0.2) is 0 Å². The number of hydrogen-bond donors (Lipinski definition) is 0. The number of ether oxygens (including phenoxy) is 1. The molecule has 7 nitrogen and oxygen atoms in total. The average molecular weight is 395 g/mol. The molecule has 1 aliphatic rings. The number of carbonyl (C=O) groups is 3. The Bertz CT molecular complexity index is 959. The van der Waals surface area contributed by atoms with Crippen molar-refractivity contribution in [1.82, 2.24) is 14.8 Å². The van der Waals surface area contributed by atoms with Crippen LogP contribution in [0.25, 0.3) is 0 Å². The number of amides is 3. The third-order valence-electron chi connectivity index (χ3n) is 5.55. The van der Waals surface area contributed by atoms with Gasteiger partial charge < -0.3 is 9.64 Å². The van der Waals surface area contributed by atoms with E-state index in [0.717, 1.165) is 16.2 Å². The number of carbonyl (C=O) groups excluding carboxylic acids is 3. The highest BCUT2D eigenvalue weighted by atomic mass is 16.5. The Morgan fingerprint density at radius 1 is 1.28 bits per heavy atom. The normalized spacial score (nSPS) is 18.8. The molecule has 1 aliphatic heterocycles. The van der Waals surface area contributed by atoms with Gasteiger partial charge in [0.25, 0.3) is 0 Å². The van der Waals surface area contributed by atoms with Gasteiger partial charge in [0.05, 0.1) is 24.8 Å². The van der Waals surface area contributed by atoms with Gasteiger partial charge in [0.2, 0.25) is 17.7 Å². The molecule has 0 spiro atoms. The smallest absolute Gasteiger partial charge is 0.240 e. The molecule has 1 fully saturated rings. The van der Waals surface area contributed by atoms with Gasteiger partial charge in [-0.3, -0.25) is 24.3 Å². The highest BCUT2D eigenvalue weighted by molar-refractivity contribution is 6.10. The lowest BCUT2D eigenvalue weighted by molar-refractivity contribution is -0.141. The molecule has 2 aromatic rings. The summed E-state index contributed by atoms with van der Waals surface area (Å²) < 4.78 is 5.28. The van der Waals surface area contributed by atoms with E-state index in [1.807, 2.05) is 19.1 Å². The first-order valence-corrected chi connectivity index (χ1v) is 9.38. The first kappa shape index (κ1) is 20.5. The summed E-state index contributed by atoms with van der Waals surface area (Å²) in [7, 11) is 4.67. The van der Waals surface area contributed by atoms with Gasteiger partial charge in [-0.05, 0) is 36.2 Å². The molecule has 1 aromatic carbocycles. The number of hydrogen-bond acceptors (Lipinski definition) is 5. The Kier molecular flexibility index (Phi) is 5.68. The highest BCUT2D eigenvalue weighted by Crippen LogP contribution is 2.40. The molecule has 1 unspecified atom stereocenters. The van der Waals surface area contributed by atoms with Crippen LogP contribution in [0.5, 0.6) is 5.75 Å². The second-order valence-electron chi connectivity index (χ2n) is 7.44. The minimum Gasteiger partial charge on any atom is -0.497 e. The summed E-state index contributed by atoms with van der Waals surface area (Å²) in [5, 5.41) is 0. The van der Waals surface area contributed by atoms with E-state index in [4.69, 9.17) is 4.74 Å². The summed E-state index contributed by atoms with van der Waals surface area (Å²) in [5.74, 6) is -0.323. The first-order chi connectivity index (χ1) is 13.8. The standard InChI is InChI=1S/C22H25N3O4/c1-15-7-6-10-23-18(15)14-24(2)19(26)12-22(13-20(27)25(3)21(22)28)16-8-5-9-17(11-16)29-4/h5-11H,12-14H2,1-4H3. The number of aromatic nitrogens is 1. The Morgan fingerprint density at radius 2 is 2.03 bits per heavy atom. The van der Waals surface area contributed by atoms with Crippen LogP contribution < -0.4 is 4.74 Å². The molecule has 2 heterocycles.